The first-order chi connectivity index (χ1) is 62.1. The number of nitrogens with one attached hydrogen (secondary N) is 15. The quantitative estimate of drug-likeness (QED) is 0.0164. The van der Waals surface area contributed by atoms with Crippen molar-refractivity contribution in [2.75, 3.05) is 45.9 Å². The van der Waals surface area contributed by atoms with Crippen LogP contribution in [-0.2, 0) is 92.7 Å². The Morgan fingerprint density at radius 3 is 1.17 bits per heavy atom. The number of aliphatic imine (C=N–C) groups is 2. The highest BCUT2D eigenvalue weighted by Crippen LogP contribution is 2.25. The molecule has 0 radical (unpaired) electrons. The van der Waals surface area contributed by atoms with Gasteiger partial charge in [-0.15, -0.1) is 0 Å². The molecule has 133 heavy (non-hydrogen) atoms. The maximum Gasteiger partial charge on any atom is 0.326 e. The zero-order chi connectivity index (χ0) is 101. The van der Waals surface area contributed by atoms with Gasteiger partial charge in [-0.3, -0.25) is 91.5 Å². The average molecular weight is 1880 g/mol. The molecule has 1 aromatic carbocycles. The number of likely N-dealkylation sites (tertiary alicyclic amines) is 2. The van der Waals surface area contributed by atoms with Gasteiger partial charge in [0.25, 0.3) is 0 Å². The number of carboxylic acid groups (broad SMARTS) is 1. The molecule has 0 saturated carbocycles. The Morgan fingerprint density at radius 1 is 0.398 bits per heavy atom. The van der Waals surface area contributed by atoms with E-state index in [9.17, 15) is 107 Å². The highest BCUT2D eigenvalue weighted by atomic mass is 16.4. The fourth-order valence-corrected chi connectivity index (χ4v) is 14.5. The van der Waals surface area contributed by atoms with Crippen LogP contribution in [0.1, 0.15) is 187 Å². The first kappa shape index (κ1) is 115. The lowest BCUT2D eigenvalue weighted by Crippen LogP contribution is -2.62. The number of hydrogen-bond acceptors (Lipinski definition) is 25. The molecule has 47 nitrogen and oxygen atoms in total. The monoisotopic (exact) mass is 1880 g/mol. The topological polar surface area (TPSA) is 750 Å². The summed E-state index contributed by atoms with van der Waals surface area (Å²) in [5.74, 6) is -20.9. The molecular formula is C86H146N24O23. The lowest BCUT2D eigenvalue weighted by atomic mass is 9.99. The van der Waals surface area contributed by atoms with E-state index in [-0.39, 0.29) is 113 Å². The van der Waals surface area contributed by atoms with E-state index < -0.39 is 265 Å². The molecule has 0 aliphatic carbocycles. The van der Waals surface area contributed by atoms with Crippen molar-refractivity contribution in [3.05, 3.63) is 29.8 Å². The first-order valence-corrected chi connectivity index (χ1v) is 45.1. The predicted octanol–water partition coefficient (Wildman–Crippen LogP) is -6.88. The zero-order valence-electron chi connectivity index (χ0n) is 79.2. The van der Waals surface area contributed by atoms with E-state index >= 15 is 0 Å². The van der Waals surface area contributed by atoms with Gasteiger partial charge in [0.15, 0.2) is 11.9 Å². The number of benzene rings is 1. The van der Waals surface area contributed by atoms with Crippen molar-refractivity contribution in [1.82, 2.24) is 89.6 Å². The number of phenolic OH excluding ortho intramolecular Hbond substituents is 1. The predicted molar refractivity (Wildman–Crippen MR) is 487 cm³/mol. The summed E-state index contributed by atoms with van der Waals surface area (Å²) in [6, 6.07) is -17.0. The number of aliphatic carboxylic acids is 1. The molecule has 30 N–H and O–H groups in total. The molecule has 3 rings (SSSR count). The molecule has 2 aliphatic heterocycles. The summed E-state index contributed by atoms with van der Waals surface area (Å²) in [5.41, 5.74) is 28.4. The van der Waals surface area contributed by atoms with Gasteiger partial charge in [0.2, 0.25) is 100 Å². The average Bonchev–Trinajstić information content (AvgIpc) is 1.71. The van der Waals surface area contributed by atoms with E-state index in [1.807, 2.05) is 0 Å². The Hall–Kier alpha value is -12.1. The second-order valence-electron chi connectivity index (χ2n) is 36.2. The second-order valence-corrected chi connectivity index (χ2v) is 36.2. The Morgan fingerprint density at radius 2 is 0.744 bits per heavy atom. The normalized spacial score (nSPS) is 17.3. The number of nitrogens with zero attached hydrogens (tertiary/aromatic N) is 4. The third-order valence-corrected chi connectivity index (χ3v) is 22.0. The maximum atomic E-state index is 15.0. The van der Waals surface area contributed by atoms with Crippen molar-refractivity contribution >= 4 is 118 Å². The van der Waals surface area contributed by atoms with Crippen LogP contribution in [0.4, 0.5) is 0 Å². The van der Waals surface area contributed by atoms with Crippen LogP contribution < -0.4 is 108 Å². The number of carbonyl (C=O) groups is 18. The van der Waals surface area contributed by atoms with Crippen molar-refractivity contribution in [3.63, 3.8) is 0 Å². The van der Waals surface area contributed by atoms with Crippen LogP contribution in [0.25, 0.3) is 0 Å². The molecule has 748 valence electrons. The first-order valence-electron chi connectivity index (χ1n) is 45.1. The van der Waals surface area contributed by atoms with Crippen LogP contribution >= 0.6 is 0 Å². The Balaban J connectivity index is 1.85. The van der Waals surface area contributed by atoms with Gasteiger partial charge >= 0.3 is 5.97 Å². The standard InChI is InChI=1S/C86H146N24O23/c1-40(2)34-55(99-69(117)47(15)96-77(125)63(43(7)8)102-61(116)38-95-76(124)62(42(5)6)105-81(129)68(49(17)113)108-74(122)56(35-41(3)4)100-78(126)64(44(9)10)103-60(115)37-94-70(118)52(87)39-111)73(121)107-67(48(16)112)80(128)98-53(22-18-30-92-85(88)89)71(119)97-54(23-19-31-93-86(90)91)72(120)104-65(45(11)12)79(127)101-57(36-50-26-28-51(114)29-27-50)82(130)109-32-20-24-58(109)75(123)106-66(46(13)14)83(131)110-33-21-25-59(110)84(132)133/h26-29,40-49,52-59,62-68,111-114H,18-25,30-39,87H2,1-17H3,(H,94,118)(H,95,124)(H,96,125)(H,97,119)(H,98,128)(H,99,117)(H,100,126)(H,101,127)(H,102,116)(H,103,115)(H,104,120)(H,105,129)(H,106,123)(H,107,121)(H,108,122)(H,132,133)(H4,88,89,92)(H4,90,91,93)/t47-,48+,49+,52-,53-,54-,55-,56-,57-,58-,59-,62-,63-,64-,65-,66-,67-,68-/m0/s1. The summed E-state index contributed by atoms with van der Waals surface area (Å²) in [6.45, 7) is 24.4. The summed E-state index contributed by atoms with van der Waals surface area (Å²) < 4.78 is 0. The van der Waals surface area contributed by atoms with E-state index in [1.54, 1.807) is 96.9 Å². The molecule has 0 unspecified atom stereocenters. The van der Waals surface area contributed by atoms with Crippen LogP contribution in [0, 0.1) is 41.4 Å². The number of aromatic hydroxyl groups is 1. The maximum absolute atomic E-state index is 15.0. The third-order valence-electron chi connectivity index (χ3n) is 22.0. The molecule has 47 heteroatoms. The number of guanidine groups is 2. The van der Waals surface area contributed by atoms with Gasteiger partial charge in [0.05, 0.1) is 31.9 Å². The highest BCUT2D eigenvalue weighted by Gasteiger charge is 2.45. The second kappa shape index (κ2) is 56.0. The van der Waals surface area contributed by atoms with Crippen LogP contribution in [0.15, 0.2) is 34.3 Å². The number of hydrogen-bond donors (Lipinski definition) is 25. The number of nitrogens with two attached hydrogens (primary N) is 5. The summed E-state index contributed by atoms with van der Waals surface area (Å²) in [6.07, 6.45) is -2.98. The SMILES string of the molecule is CC(C)C[C@H](NC(=O)[C@H](C)NC(=O)[C@@H](NC(=O)CNC(=O)[C@@H](NC(=O)[C@@H](NC(=O)[C@H](CC(C)C)NC(=O)[C@@H](NC(=O)CNC(=O)[C@@H](N)CO)C(C)C)[C@@H](C)O)C(C)C)C(C)C)C(=O)N[C@H](C(=O)N[C@@H](CCCN=C(N)N)C(=O)N[C@@H](CCCN=C(N)N)C(=O)N[C@H](C(=O)N[C@@H](Cc1ccc(O)cc1)C(=O)N1CCC[C@H]1C(=O)N[C@H](C(=O)N1CCC[C@H]1C(=O)O)C(C)C)C(C)C)[C@@H](C)O. The molecule has 2 saturated heterocycles. The fraction of sp³-hybridized carbons (Fsp3) is 0.698. The summed E-state index contributed by atoms with van der Waals surface area (Å²) in [7, 11) is 0. The van der Waals surface area contributed by atoms with Gasteiger partial charge < -0.3 is 144 Å². The minimum absolute atomic E-state index is 0.00185. The number of amides is 17. The summed E-state index contributed by atoms with van der Waals surface area (Å²) in [4.78, 5) is 261. The molecule has 2 aliphatic rings. The van der Waals surface area contributed by atoms with E-state index in [0.29, 0.717) is 18.4 Å². The van der Waals surface area contributed by atoms with Crippen molar-refractivity contribution in [1.29, 1.82) is 0 Å². The summed E-state index contributed by atoms with van der Waals surface area (Å²) >= 11 is 0. The Kier molecular flexibility index (Phi) is 48.5. The van der Waals surface area contributed by atoms with Crippen molar-refractivity contribution in [2.45, 2.75) is 297 Å². The van der Waals surface area contributed by atoms with E-state index in [0.717, 1.165) is 6.92 Å². The van der Waals surface area contributed by atoms with Gasteiger partial charge in [0, 0.05) is 32.6 Å². The van der Waals surface area contributed by atoms with Gasteiger partial charge in [-0.2, -0.15) is 0 Å². The van der Waals surface area contributed by atoms with E-state index in [1.165, 1.54) is 47.9 Å². The van der Waals surface area contributed by atoms with Gasteiger partial charge in [-0.1, -0.05) is 109 Å². The Bertz CT molecular complexity index is 4200. The lowest BCUT2D eigenvalue weighted by Gasteiger charge is -2.33. The molecule has 0 bridgehead atoms. The van der Waals surface area contributed by atoms with Crippen molar-refractivity contribution in [3.8, 4) is 5.75 Å². The van der Waals surface area contributed by atoms with E-state index in [4.69, 9.17) is 33.8 Å². The largest absolute Gasteiger partial charge is 0.508 e. The zero-order valence-corrected chi connectivity index (χ0v) is 79.2. The fourth-order valence-electron chi connectivity index (χ4n) is 14.5. The molecule has 18 atom stereocenters. The molecule has 2 heterocycles. The number of carbonyl (C=O) groups excluding carboxylic acids is 17. The van der Waals surface area contributed by atoms with Gasteiger partial charge in [0.1, 0.15) is 102 Å². The van der Waals surface area contributed by atoms with Crippen LogP contribution in [0.2, 0.25) is 0 Å². The van der Waals surface area contributed by atoms with Crippen LogP contribution in [0.3, 0.4) is 0 Å². The van der Waals surface area contributed by atoms with Gasteiger partial charge in [-0.25, -0.2) is 4.79 Å². The number of aliphatic hydroxyl groups is 3. The number of carboxylic acids is 1. The minimum Gasteiger partial charge on any atom is -0.508 e. The molecular weight excluding hydrogens is 1740 g/mol. The molecule has 0 spiro atoms. The number of rotatable bonds is 55. The van der Waals surface area contributed by atoms with Crippen molar-refractivity contribution < 1.29 is 112 Å². The third kappa shape index (κ3) is 38.5. The summed E-state index contributed by atoms with van der Waals surface area (Å²) in [5, 5.41) is 89.3. The molecule has 17 amide bonds. The van der Waals surface area contributed by atoms with E-state index in [2.05, 4.69) is 89.7 Å². The van der Waals surface area contributed by atoms with Crippen LogP contribution in [-0.4, -0.2) is 308 Å². The number of aliphatic hydroxyl groups excluding tert-OH is 3. The van der Waals surface area contributed by atoms with Crippen LogP contribution in [0.5, 0.6) is 5.75 Å². The van der Waals surface area contributed by atoms with Crippen molar-refractivity contribution in [2.24, 2.45) is 80.1 Å². The molecule has 0 aromatic heterocycles. The lowest BCUT2D eigenvalue weighted by molar-refractivity contribution is -0.150. The Labute approximate surface area is 775 Å². The molecule has 2 fully saturated rings. The highest BCUT2D eigenvalue weighted by molar-refractivity contribution is 6.02. The smallest absolute Gasteiger partial charge is 0.326 e. The van der Waals surface area contributed by atoms with Gasteiger partial charge in [-0.05, 0) is 144 Å². The minimum atomic E-state index is -1.88. The molecule has 1 aromatic rings. The number of phenols is 1.